The lowest BCUT2D eigenvalue weighted by molar-refractivity contribution is 0.0952. The largest absolute Gasteiger partial charge is 0.352 e. The Morgan fingerprint density at radius 3 is 2.63 bits per heavy atom. The van der Waals surface area contributed by atoms with Gasteiger partial charge in [-0.3, -0.25) is 4.79 Å². The third-order valence-electron chi connectivity index (χ3n) is 2.52. The second-order valence-electron chi connectivity index (χ2n) is 4.05. The lowest BCUT2D eigenvalue weighted by Crippen LogP contribution is -2.24. The van der Waals surface area contributed by atoms with E-state index in [1.165, 1.54) is 6.07 Å². The van der Waals surface area contributed by atoms with Gasteiger partial charge in [0.2, 0.25) is 0 Å². The zero-order valence-corrected chi connectivity index (χ0v) is 12.0. The number of carbonyl (C=O) groups is 1. The van der Waals surface area contributed by atoms with Crippen LogP contribution in [0.3, 0.4) is 0 Å². The number of hydrogen-bond acceptors (Lipinski definition) is 3. The van der Waals surface area contributed by atoms with Crippen LogP contribution in [0.1, 0.15) is 36.5 Å². The summed E-state index contributed by atoms with van der Waals surface area (Å²) in [6.07, 6.45) is 2.86. The van der Waals surface area contributed by atoms with Crippen molar-refractivity contribution >= 4 is 25.6 Å². The van der Waals surface area contributed by atoms with Gasteiger partial charge in [0, 0.05) is 22.8 Å². The Hall–Kier alpha value is -1.14. The van der Waals surface area contributed by atoms with E-state index in [-0.39, 0.29) is 5.56 Å². The van der Waals surface area contributed by atoms with Crippen LogP contribution in [0.5, 0.6) is 0 Å². The summed E-state index contributed by atoms with van der Waals surface area (Å²) in [6, 6.07) is 3.07. The molecule has 7 heteroatoms. The van der Waals surface area contributed by atoms with Crippen molar-refractivity contribution in [3.8, 4) is 0 Å². The lowest BCUT2D eigenvalue weighted by Gasteiger charge is -2.06. The van der Waals surface area contributed by atoms with E-state index in [2.05, 4.69) is 5.32 Å². The summed E-state index contributed by atoms with van der Waals surface area (Å²) in [4.78, 5) is 11.0. The van der Waals surface area contributed by atoms with Gasteiger partial charge in [0.25, 0.3) is 15.0 Å². The summed E-state index contributed by atoms with van der Waals surface area (Å²) in [7, 11) is 0.885. The van der Waals surface area contributed by atoms with Crippen molar-refractivity contribution in [1.82, 2.24) is 5.32 Å². The van der Waals surface area contributed by atoms with E-state index >= 15 is 0 Å². The minimum Gasteiger partial charge on any atom is -0.352 e. The van der Waals surface area contributed by atoms with Crippen molar-refractivity contribution in [2.45, 2.75) is 31.1 Å². The third-order valence-corrected chi connectivity index (χ3v) is 3.86. The van der Waals surface area contributed by atoms with E-state index in [1.54, 1.807) is 0 Å². The van der Waals surface area contributed by atoms with Crippen LogP contribution in [0, 0.1) is 5.82 Å². The molecule has 0 saturated carbocycles. The summed E-state index contributed by atoms with van der Waals surface area (Å²) in [5.41, 5.74) is 0.0668. The van der Waals surface area contributed by atoms with Crippen LogP contribution < -0.4 is 5.32 Å². The first kappa shape index (κ1) is 15.9. The van der Waals surface area contributed by atoms with Crippen LogP contribution in [0.25, 0.3) is 0 Å². The number of halogens is 2. The van der Waals surface area contributed by atoms with Gasteiger partial charge >= 0.3 is 0 Å². The van der Waals surface area contributed by atoms with Crippen LogP contribution in [-0.4, -0.2) is 20.9 Å². The quantitative estimate of drug-likeness (QED) is 0.649. The van der Waals surface area contributed by atoms with E-state index in [1.807, 2.05) is 6.92 Å². The smallest absolute Gasteiger partial charge is 0.264 e. The van der Waals surface area contributed by atoms with Gasteiger partial charge in [0.1, 0.15) is 10.7 Å². The molecule has 0 fully saturated rings. The number of hydrogen-bond donors (Lipinski definition) is 1. The molecule has 0 radical (unpaired) electrons. The molecule has 0 aliphatic heterocycles. The third kappa shape index (κ3) is 4.80. The molecule has 0 aliphatic rings. The normalized spacial score (nSPS) is 11.3. The SMILES string of the molecule is CCCCCNC(=O)c1ccc(F)c(S(=O)(=O)Cl)c1. The highest BCUT2D eigenvalue weighted by atomic mass is 35.7. The second kappa shape index (κ2) is 6.86. The minimum atomic E-state index is -4.20. The van der Waals surface area contributed by atoms with E-state index in [4.69, 9.17) is 10.7 Å². The van der Waals surface area contributed by atoms with Crippen molar-refractivity contribution < 1.29 is 17.6 Å². The molecule has 0 atom stereocenters. The molecule has 0 aromatic heterocycles. The monoisotopic (exact) mass is 307 g/mol. The first-order valence-corrected chi connectivity index (χ1v) is 8.19. The highest BCUT2D eigenvalue weighted by Crippen LogP contribution is 2.20. The van der Waals surface area contributed by atoms with Gasteiger partial charge in [-0.15, -0.1) is 0 Å². The van der Waals surface area contributed by atoms with Crippen LogP contribution in [-0.2, 0) is 9.05 Å². The molecule has 0 unspecified atom stereocenters. The molecule has 1 rings (SSSR count). The van der Waals surface area contributed by atoms with Crippen LogP contribution >= 0.6 is 10.7 Å². The number of rotatable bonds is 6. The molecular formula is C12H15ClFNO3S. The molecule has 1 aromatic rings. The van der Waals surface area contributed by atoms with Crippen molar-refractivity contribution in [3.05, 3.63) is 29.6 Å². The Bertz CT molecular complexity index is 560. The van der Waals surface area contributed by atoms with Crippen LogP contribution in [0.4, 0.5) is 4.39 Å². The standard InChI is InChI=1S/C12H15ClFNO3S/c1-2-3-4-7-15-12(16)9-5-6-10(14)11(8-9)19(13,17)18/h5-6,8H,2-4,7H2,1H3,(H,15,16). The number of unbranched alkanes of at least 4 members (excludes halogenated alkanes) is 2. The predicted octanol–water partition coefficient (Wildman–Crippen LogP) is 2.67. The minimum absolute atomic E-state index is 0.0668. The van der Waals surface area contributed by atoms with Crippen molar-refractivity contribution in [1.29, 1.82) is 0 Å². The van der Waals surface area contributed by atoms with Gasteiger partial charge in [-0.05, 0) is 24.6 Å². The Morgan fingerprint density at radius 1 is 1.37 bits per heavy atom. The van der Waals surface area contributed by atoms with Crippen molar-refractivity contribution in [3.63, 3.8) is 0 Å². The number of carbonyl (C=O) groups excluding carboxylic acids is 1. The average molecular weight is 308 g/mol. The molecule has 19 heavy (non-hydrogen) atoms. The maximum absolute atomic E-state index is 13.3. The van der Waals surface area contributed by atoms with Gasteiger partial charge in [-0.1, -0.05) is 19.8 Å². The number of amides is 1. The summed E-state index contributed by atoms with van der Waals surface area (Å²) in [5.74, 6) is -1.42. The second-order valence-corrected chi connectivity index (χ2v) is 6.58. The van der Waals surface area contributed by atoms with Gasteiger partial charge in [-0.2, -0.15) is 0 Å². The molecule has 0 saturated heterocycles. The summed E-state index contributed by atoms with van der Waals surface area (Å²) in [5, 5.41) is 2.63. The molecule has 1 amide bonds. The molecular weight excluding hydrogens is 293 g/mol. The first-order valence-electron chi connectivity index (χ1n) is 5.88. The van der Waals surface area contributed by atoms with Gasteiger partial charge in [0.15, 0.2) is 0 Å². The Labute approximate surface area is 116 Å². The van der Waals surface area contributed by atoms with Gasteiger partial charge in [0.05, 0.1) is 0 Å². The Morgan fingerprint density at radius 2 is 2.05 bits per heavy atom. The maximum Gasteiger partial charge on any atom is 0.264 e. The molecule has 0 bridgehead atoms. The molecule has 1 aromatic carbocycles. The molecule has 4 nitrogen and oxygen atoms in total. The summed E-state index contributed by atoms with van der Waals surface area (Å²) < 4.78 is 35.5. The van der Waals surface area contributed by atoms with Gasteiger partial charge < -0.3 is 5.32 Å². The molecule has 0 spiro atoms. The summed E-state index contributed by atoms with van der Waals surface area (Å²) in [6.45, 7) is 2.53. The summed E-state index contributed by atoms with van der Waals surface area (Å²) >= 11 is 0. The fourth-order valence-electron chi connectivity index (χ4n) is 1.51. The number of nitrogens with one attached hydrogen (secondary N) is 1. The van der Waals surface area contributed by atoms with E-state index < -0.39 is 25.7 Å². The van der Waals surface area contributed by atoms with Crippen LogP contribution in [0.2, 0.25) is 0 Å². The van der Waals surface area contributed by atoms with Crippen molar-refractivity contribution in [2.24, 2.45) is 0 Å². The fourth-order valence-corrected chi connectivity index (χ4v) is 2.43. The Kier molecular flexibility index (Phi) is 5.75. The van der Waals surface area contributed by atoms with E-state index in [0.29, 0.717) is 6.54 Å². The number of benzene rings is 1. The van der Waals surface area contributed by atoms with Crippen molar-refractivity contribution in [2.75, 3.05) is 6.54 Å². The highest BCUT2D eigenvalue weighted by molar-refractivity contribution is 8.13. The van der Waals surface area contributed by atoms with E-state index in [9.17, 15) is 17.6 Å². The molecule has 106 valence electrons. The molecule has 0 aliphatic carbocycles. The molecule has 1 N–H and O–H groups in total. The van der Waals surface area contributed by atoms with E-state index in [0.717, 1.165) is 31.4 Å². The van der Waals surface area contributed by atoms with Crippen LogP contribution in [0.15, 0.2) is 23.1 Å². The topological polar surface area (TPSA) is 63.2 Å². The zero-order valence-electron chi connectivity index (χ0n) is 10.4. The average Bonchev–Trinajstić information content (AvgIpc) is 2.33. The zero-order chi connectivity index (χ0) is 14.5. The maximum atomic E-state index is 13.3. The molecule has 0 heterocycles. The first-order chi connectivity index (χ1) is 8.86. The Balaban J connectivity index is 2.82. The van der Waals surface area contributed by atoms with Gasteiger partial charge in [-0.25, -0.2) is 12.8 Å². The highest BCUT2D eigenvalue weighted by Gasteiger charge is 2.18. The predicted molar refractivity (Wildman–Crippen MR) is 71.3 cm³/mol. The lowest BCUT2D eigenvalue weighted by atomic mass is 10.2. The fraction of sp³-hybridized carbons (Fsp3) is 0.417.